The normalized spacial score (nSPS) is 10.3. The summed E-state index contributed by atoms with van der Waals surface area (Å²) in [5.41, 5.74) is 1.62. The maximum atomic E-state index is 11.3. The molecule has 1 aromatic carbocycles. The molecule has 1 aromatic heterocycles. The standard InChI is InChI=1S/C14H14O4/c1-3-9-8-18-13(12(9)14(15)16)10-5-4-6-11(7-10)17-2/h4-8H,3H2,1-2H3,(H,15,16). The van der Waals surface area contributed by atoms with Gasteiger partial charge in [0.05, 0.1) is 13.4 Å². The SMILES string of the molecule is CCc1coc(-c2cccc(OC)c2)c1C(=O)O. The zero-order chi connectivity index (χ0) is 13.1. The molecule has 0 spiro atoms. The fourth-order valence-electron chi connectivity index (χ4n) is 1.87. The van der Waals surface area contributed by atoms with Crippen molar-refractivity contribution in [3.8, 4) is 17.1 Å². The Hall–Kier alpha value is -2.23. The van der Waals surface area contributed by atoms with Crippen molar-refractivity contribution in [1.29, 1.82) is 0 Å². The summed E-state index contributed by atoms with van der Waals surface area (Å²) in [5.74, 6) is 0.0648. The Morgan fingerprint density at radius 2 is 2.22 bits per heavy atom. The molecule has 2 aromatic rings. The van der Waals surface area contributed by atoms with E-state index < -0.39 is 5.97 Å². The predicted octanol–water partition coefficient (Wildman–Crippen LogP) is 3.22. The highest BCUT2D eigenvalue weighted by atomic mass is 16.5. The van der Waals surface area contributed by atoms with Gasteiger partial charge in [-0.1, -0.05) is 19.1 Å². The van der Waals surface area contributed by atoms with Gasteiger partial charge in [0.25, 0.3) is 0 Å². The Kier molecular flexibility index (Phi) is 3.37. The molecule has 1 heterocycles. The van der Waals surface area contributed by atoms with Crippen LogP contribution in [0.2, 0.25) is 0 Å². The van der Waals surface area contributed by atoms with Gasteiger partial charge in [0, 0.05) is 11.1 Å². The number of methoxy groups -OCH3 is 1. The summed E-state index contributed by atoms with van der Waals surface area (Å²) in [5, 5.41) is 9.26. The van der Waals surface area contributed by atoms with E-state index in [9.17, 15) is 9.90 Å². The molecule has 0 saturated heterocycles. The average molecular weight is 246 g/mol. The molecule has 0 fully saturated rings. The molecule has 0 radical (unpaired) electrons. The molecular formula is C14H14O4. The number of aryl methyl sites for hydroxylation is 1. The van der Waals surface area contributed by atoms with Crippen LogP contribution < -0.4 is 4.74 Å². The Morgan fingerprint density at radius 1 is 1.44 bits per heavy atom. The molecule has 0 bridgehead atoms. The highest BCUT2D eigenvalue weighted by molar-refractivity contribution is 5.96. The lowest BCUT2D eigenvalue weighted by molar-refractivity contribution is 0.0696. The van der Waals surface area contributed by atoms with Crippen molar-refractivity contribution in [3.63, 3.8) is 0 Å². The first-order valence-corrected chi connectivity index (χ1v) is 5.65. The molecular weight excluding hydrogens is 232 g/mol. The first-order chi connectivity index (χ1) is 8.67. The molecule has 0 amide bonds. The minimum atomic E-state index is -0.974. The second-order valence-electron chi connectivity index (χ2n) is 3.86. The van der Waals surface area contributed by atoms with E-state index in [1.54, 1.807) is 31.4 Å². The summed E-state index contributed by atoms with van der Waals surface area (Å²) in [6.45, 7) is 1.90. The smallest absolute Gasteiger partial charge is 0.339 e. The van der Waals surface area contributed by atoms with Crippen LogP contribution in [0.25, 0.3) is 11.3 Å². The third kappa shape index (κ3) is 2.09. The highest BCUT2D eigenvalue weighted by Gasteiger charge is 2.20. The van der Waals surface area contributed by atoms with Crippen LogP contribution >= 0.6 is 0 Å². The van der Waals surface area contributed by atoms with Crippen LogP contribution in [0.5, 0.6) is 5.75 Å². The lowest BCUT2D eigenvalue weighted by Crippen LogP contribution is -2.00. The number of benzene rings is 1. The topological polar surface area (TPSA) is 59.7 Å². The van der Waals surface area contributed by atoms with Gasteiger partial charge in [0.1, 0.15) is 17.1 Å². The van der Waals surface area contributed by atoms with E-state index in [1.807, 2.05) is 6.92 Å². The third-order valence-electron chi connectivity index (χ3n) is 2.79. The van der Waals surface area contributed by atoms with Crippen LogP contribution in [0.4, 0.5) is 0 Å². The monoisotopic (exact) mass is 246 g/mol. The van der Waals surface area contributed by atoms with Crippen LogP contribution in [-0.2, 0) is 6.42 Å². The predicted molar refractivity (Wildman–Crippen MR) is 67.0 cm³/mol. The lowest BCUT2D eigenvalue weighted by atomic mass is 10.0. The van der Waals surface area contributed by atoms with E-state index in [0.29, 0.717) is 29.1 Å². The van der Waals surface area contributed by atoms with E-state index in [4.69, 9.17) is 9.15 Å². The van der Waals surface area contributed by atoms with Crippen LogP contribution in [0.3, 0.4) is 0 Å². The van der Waals surface area contributed by atoms with Crippen molar-refractivity contribution in [2.45, 2.75) is 13.3 Å². The number of carboxylic acid groups (broad SMARTS) is 1. The van der Waals surface area contributed by atoms with Gasteiger partial charge in [0.15, 0.2) is 0 Å². The second kappa shape index (κ2) is 4.96. The van der Waals surface area contributed by atoms with Crippen LogP contribution in [0.1, 0.15) is 22.8 Å². The van der Waals surface area contributed by atoms with Crippen LogP contribution in [-0.4, -0.2) is 18.2 Å². The Balaban J connectivity index is 2.56. The van der Waals surface area contributed by atoms with E-state index in [1.165, 1.54) is 6.26 Å². The highest BCUT2D eigenvalue weighted by Crippen LogP contribution is 2.30. The van der Waals surface area contributed by atoms with Crippen LogP contribution in [0, 0.1) is 0 Å². The summed E-state index contributed by atoms with van der Waals surface area (Å²) in [6, 6.07) is 7.15. The third-order valence-corrected chi connectivity index (χ3v) is 2.79. The fourth-order valence-corrected chi connectivity index (χ4v) is 1.87. The van der Waals surface area contributed by atoms with Crippen molar-refractivity contribution >= 4 is 5.97 Å². The van der Waals surface area contributed by atoms with Crippen molar-refractivity contribution < 1.29 is 19.1 Å². The van der Waals surface area contributed by atoms with E-state index in [2.05, 4.69) is 0 Å². The molecule has 0 aliphatic heterocycles. The summed E-state index contributed by atoms with van der Waals surface area (Å²) in [7, 11) is 1.57. The fraction of sp³-hybridized carbons (Fsp3) is 0.214. The van der Waals surface area contributed by atoms with E-state index in [-0.39, 0.29) is 5.56 Å². The first kappa shape index (κ1) is 12.2. The first-order valence-electron chi connectivity index (χ1n) is 5.65. The van der Waals surface area contributed by atoms with Gasteiger partial charge in [0.2, 0.25) is 0 Å². The van der Waals surface area contributed by atoms with Gasteiger partial charge in [-0.05, 0) is 18.6 Å². The number of aromatic carboxylic acids is 1. The number of furan rings is 1. The van der Waals surface area contributed by atoms with Crippen molar-refractivity contribution in [3.05, 3.63) is 41.7 Å². The Bertz CT molecular complexity index is 569. The largest absolute Gasteiger partial charge is 0.497 e. The minimum Gasteiger partial charge on any atom is -0.497 e. The maximum Gasteiger partial charge on any atom is 0.339 e. The zero-order valence-corrected chi connectivity index (χ0v) is 10.3. The minimum absolute atomic E-state index is 0.228. The van der Waals surface area contributed by atoms with E-state index in [0.717, 1.165) is 0 Å². The number of rotatable bonds is 4. The molecule has 0 atom stereocenters. The van der Waals surface area contributed by atoms with Crippen LogP contribution in [0.15, 0.2) is 34.9 Å². The molecule has 0 aliphatic rings. The number of hydrogen-bond acceptors (Lipinski definition) is 3. The Labute approximate surface area is 105 Å². The van der Waals surface area contributed by atoms with Gasteiger partial charge in [-0.15, -0.1) is 0 Å². The molecule has 0 unspecified atom stereocenters. The van der Waals surface area contributed by atoms with Crippen molar-refractivity contribution in [2.24, 2.45) is 0 Å². The average Bonchev–Trinajstić information content (AvgIpc) is 2.82. The summed E-state index contributed by atoms with van der Waals surface area (Å²) >= 11 is 0. The number of carbonyl (C=O) groups is 1. The second-order valence-corrected chi connectivity index (χ2v) is 3.86. The molecule has 4 nitrogen and oxygen atoms in total. The number of hydrogen-bond donors (Lipinski definition) is 1. The van der Waals surface area contributed by atoms with Gasteiger partial charge < -0.3 is 14.3 Å². The summed E-state index contributed by atoms with van der Waals surface area (Å²) in [6.07, 6.45) is 2.12. The Morgan fingerprint density at radius 3 is 2.83 bits per heavy atom. The van der Waals surface area contributed by atoms with Gasteiger partial charge >= 0.3 is 5.97 Å². The molecule has 18 heavy (non-hydrogen) atoms. The van der Waals surface area contributed by atoms with E-state index >= 15 is 0 Å². The quantitative estimate of drug-likeness (QED) is 0.899. The molecule has 0 aliphatic carbocycles. The molecule has 2 rings (SSSR count). The molecule has 1 N–H and O–H groups in total. The van der Waals surface area contributed by atoms with Gasteiger partial charge in [-0.2, -0.15) is 0 Å². The lowest BCUT2D eigenvalue weighted by Gasteiger charge is -2.03. The molecule has 4 heteroatoms. The molecule has 94 valence electrons. The maximum absolute atomic E-state index is 11.3. The number of ether oxygens (including phenoxy) is 1. The zero-order valence-electron chi connectivity index (χ0n) is 10.3. The van der Waals surface area contributed by atoms with Gasteiger partial charge in [-0.25, -0.2) is 4.79 Å². The van der Waals surface area contributed by atoms with Crippen molar-refractivity contribution in [1.82, 2.24) is 0 Å². The number of carboxylic acids is 1. The van der Waals surface area contributed by atoms with Gasteiger partial charge in [-0.3, -0.25) is 0 Å². The molecule has 0 saturated carbocycles. The summed E-state index contributed by atoms with van der Waals surface area (Å²) in [4.78, 5) is 11.3. The van der Waals surface area contributed by atoms with Crippen molar-refractivity contribution in [2.75, 3.05) is 7.11 Å². The summed E-state index contributed by atoms with van der Waals surface area (Å²) < 4.78 is 10.5.